The third-order valence-electron chi connectivity index (χ3n) is 6.10. The molecule has 0 bridgehead atoms. The largest absolute Gasteiger partial charge is 0.455 e. The molecule has 0 spiro atoms. The number of para-hydroxylation sites is 2. The van der Waals surface area contributed by atoms with Crippen molar-refractivity contribution in [1.82, 2.24) is 0 Å². The minimum Gasteiger partial charge on any atom is -0.455 e. The lowest BCUT2D eigenvalue weighted by atomic mass is 10.1. The van der Waals surface area contributed by atoms with Gasteiger partial charge in [-0.15, -0.1) is 0 Å². The predicted octanol–water partition coefficient (Wildman–Crippen LogP) is 6.43. The Bertz CT molecular complexity index is 1340. The Balaban J connectivity index is 1.24. The van der Waals surface area contributed by atoms with E-state index in [0.717, 1.165) is 37.6 Å². The first-order chi connectivity index (χ1) is 17.2. The quantitative estimate of drug-likeness (QED) is 0.284. The highest BCUT2D eigenvalue weighted by atomic mass is 32.2. The van der Waals surface area contributed by atoms with Crippen LogP contribution in [0.25, 0.3) is 10.8 Å². The van der Waals surface area contributed by atoms with Gasteiger partial charge in [0.2, 0.25) is 0 Å². The van der Waals surface area contributed by atoms with E-state index in [1.54, 1.807) is 16.7 Å². The van der Waals surface area contributed by atoms with Crippen LogP contribution in [0.1, 0.15) is 13.3 Å². The van der Waals surface area contributed by atoms with Gasteiger partial charge in [-0.3, -0.25) is 9.59 Å². The number of carbonyl (C=O) groups is 2. The molecule has 0 fully saturated rings. The van der Waals surface area contributed by atoms with E-state index in [9.17, 15) is 9.59 Å². The zero-order chi connectivity index (χ0) is 24.2. The van der Waals surface area contributed by atoms with Crippen molar-refractivity contribution in [3.8, 4) is 0 Å². The van der Waals surface area contributed by atoms with Crippen molar-refractivity contribution in [2.24, 2.45) is 0 Å². The molecule has 5 rings (SSSR count). The number of rotatable bonds is 7. The Kier molecular flexibility index (Phi) is 6.73. The number of hydrogen-bond acceptors (Lipinski definition) is 5. The van der Waals surface area contributed by atoms with Crippen LogP contribution >= 0.6 is 11.8 Å². The maximum absolute atomic E-state index is 13.0. The smallest absolute Gasteiger partial charge is 0.308 e. The summed E-state index contributed by atoms with van der Waals surface area (Å²) in [6.07, 6.45) is 0.182. The van der Waals surface area contributed by atoms with Crippen molar-refractivity contribution in [3.05, 3.63) is 91.0 Å². The molecular formula is C29H26N2O3S. The topological polar surface area (TPSA) is 49.9 Å². The van der Waals surface area contributed by atoms with Crippen LogP contribution in [0.2, 0.25) is 0 Å². The summed E-state index contributed by atoms with van der Waals surface area (Å²) in [6, 6.07) is 30.2. The third-order valence-corrected chi connectivity index (χ3v) is 7.23. The van der Waals surface area contributed by atoms with Gasteiger partial charge in [0.05, 0.1) is 23.5 Å². The molecule has 176 valence electrons. The van der Waals surface area contributed by atoms with E-state index in [1.165, 1.54) is 0 Å². The number of ether oxygens (including phenoxy) is 1. The highest BCUT2D eigenvalue weighted by molar-refractivity contribution is 7.99. The van der Waals surface area contributed by atoms with Gasteiger partial charge >= 0.3 is 5.97 Å². The number of hydrogen-bond donors (Lipinski definition) is 0. The van der Waals surface area contributed by atoms with Gasteiger partial charge in [0.25, 0.3) is 5.91 Å². The Morgan fingerprint density at radius 3 is 2.17 bits per heavy atom. The summed E-state index contributed by atoms with van der Waals surface area (Å²) in [6.45, 7) is 2.61. The Morgan fingerprint density at radius 1 is 0.829 bits per heavy atom. The van der Waals surface area contributed by atoms with Crippen molar-refractivity contribution >= 4 is 51.5 Å². The van der Waals surface area contributed by atoms with Gasteiger partial charge in [-0.05, 0) is 42.6 Å². The number of esters is 1. The average molecular weight is 483 g/mol. The number of carbonyl (C=O) groups excluding carboxylic acids is 2. The van der Waals surface area contributed by atoms with Gasteiger partial charge in [0, 0.05) is 28.3 Å². The summed E-state index contributed by atoms with van der Waals surface area (Å²) in [5.74, 6) is -0.622. The van der Waals surface area contributed by atoms with E-state index in [1.807, 2.05) is 73.7 Å². The summed E-state index contributed by atoms with van der Waals surface area (Å²) < 4.78 is 5.43. The van der Waals surface area contributed by atoms with Crippen molar-refractivity contribution in [3.63, 3.8) is 0 Å². The van der Waals surface area contributed by atoms with Crippen LogP contribution in [0.4, 0.5) is 17.1 Å². The van der Waals surface area contributed by atoms with Gasteiger partial charge in [-0.1, -0.05) is 72.4 Å². The molecule has 35 heavy (non-hydrogen) atoms. The maximum Gasteiger partial charge on any atom is 0.308 e. The molecule has 0 saturated carbocycles. The van der Waals surface area contributed by atoms with E-state index in [4.69, 9.17) is 4.74 Å². The molecule has 1 amide bonds. The summed E-state index contributed by atoms with van der Waals surface area (Å²) in [7, 11) is 0. The summed E-state index contributed by atoms with van der Waals surface area (Å²) in [4.78, 5) is 31.8. The first kappa shape index (κ1) is 23.0. The molecule has 0 unspecified atom stereocenters. The Morgan fingerprint density at radius 2 is 1.46 bits per heavy atom. The molecule has 0 saturated heterocycles. The minimum absolute atomic E-state index is 0.182. The molecule has 1 aliphatic heterocycles. The number of benzene rings is 4. The van der Waals surface area contributed by atoms with Crippen molar-refractivity contribution in [1.29, 1.82) is 0 Å². The summed E-state index contributed by atoms with van der Waals surface area (Å²) in [5, 5.41) is 2.06. The second-order valence-electron chi connectivity index (χ2n) is 8.24. The van der Waals surface area contributed by atoms with E-state index >= 15 is 0 Å². The van der Waals surface area contributed by atoms with Crippen molar-refractivity contribution < 1.29 is 14.3 Å². The maximum atomic E-state index is 13.0. The van der Waals surface area contributed by atoms with Crippen LogP contribution in [0.15, 0.2) is 101 Å². The Labute approximate surface area is 209 Å². The zero-order valence-electron chi connectivity index (χ0n) is 19.5. The molecule has 6 heteroatoms. The molecule has 0 N–H and O–H groups in total. The number of fused-ring (bicyclic) bond motifs is 3. The normalized spacial score (nSPS) is 12.1. The summed E-state index contributed by atoms with van der Waals surface area (Å²) >= 11 is 1.73. The lowest BCUT2D eigenvalue weighted by Gasteiger charge is -2.32. The van der Waals surface area contributed by atoms with Gasteiger partial charge in [0.15, 0.2) is 6.61 Å². The molecule has 1 aliphatic rings. The van der Waals surface area contributed by atoms with Gasteiger partial charge in [-0.2, -0.15) is 0 Å². The molecule has 4 aromatic rings. The molecule has 0 radical (unpaired) electrons. The molecule has 0 atom stereocenters. The van der Waals surface area contributed by atoms with E-state index in [0.29, 0.717) is 13.1 Å². The fourth-order valence-electron chi connectivity index (χ4n) is 4.44. The van der Waals surface area contributed by atoms with Gasteiger partial charge in [0.1, 0.15) is 0 Å². The second-order valence-corrected chi connectivity index (χ2v) is 9.32. The molecule has 4 aromatic carbocycles. The van der Waals surface area contributed by atoms with Crippen molar-refractivity contribution in [2.75, 3.05) is 29.5 Å². The lowest BCUT2D eigenvalue weighted by molar-refractivity contribution is -0.147. The number of nitrogens with zero attached hydrogens (tertiary/aromatic N) is 2. The standard InChI is InChI=1S/C29H26N2O3S/c1-2-30(23-15-9-11-21-10-3-4-12-22(21)23)28(32)20-34-29(33)18-19-31-24-13-5-7-16-26(24)35-27-17-8-6-14-25(27)31/h3-17H,2,18-20H2,1H3. The number of anilines is 3. The molecule has 5 nitrogen and oxygen atoms in total. The van der Waals surface area contributed by atoms with Crippen LogP contribution in [0.3, 0.4) is 0 Å². The number of amides is 1. The Hall–Kier alpha value is -3.77. The molecule has 0 aliphatic carbocycles. The van der Waals surface area contributed by atoms with E-state index in [-0.39, 0.29) is 24.9 Å². The van der Waals surface area contributed by atoms with Crippen LogP contribution in [0.5, 0.6) is 0 Å². The van der Waals surface area contributed by atoms with Crippen molar-refractivity contribution in [2.45, 2.75) is 23.1 Å². The fraction of sp³-hybridized carbons (Fsp3) is 0.172. The van der Waals surface area contributed by atoms with Crippen LogP contribution in [-0.4, -0.2) is 31.6 Å². The van der Waals surface area contributed by atoms with Gasteiger partial charge in [-0.25, -0.2) is 0 Å². The number of likely N-dealkylation sites (N-methyl/N-ethyl adjacent to an activating group) is 1. The molecule has 0 aromatic heterocycles. The molecular weight excluding hydrogens is 456 g/mol. The highest BCUT2D eigenvalue weighted by Crippen LogP contribution is 2.47. The second kappa shape index (κ2) is 10.2. The van der Waals surface area contributed by atoms with Crippen LogP contribution in [0, 0.1) is 0 Å². The first-order valence-corrected chi connectivity index (χ1v) is 12.5. The summed E-state index contributed by atoms with van der Waals surface area (Å²) in [5.41, 5.74) is 2.98. The third kappa shape index (κ3) is 4.75. The SMILES string of the molecule is CCN(C(=O)COC(=O)CCN1c2ccccc2Sc2ccccc21)c1cccc2ccccc12. The first-order valence-electron chi connectivity index (χ1n) is 11.7. The van der Waals surface area contributed by atoms with E-state index < -0.39 is 0 Å². The monoisotopic (exact) mass is 482 g/mol. The lowest BCUT2D eigenvalue weighted by Crippen LogP contribution is -2.35. The van der Waals surface area contributed by atoms with E-state index in [2.05, 4.69) is 29.2 Å². The minimum atomic E-state index is -0.388. The van der Waals surface area contributed by atoms with Crippen LogP contribution < -0.4 is 9.80 Å². The van der Waals surface area contributed by atoms with Crippen LogP contribution in [-0.2, 0) is 14.3 Å². The predicted molar refractivity (Wildman–Crippen MR) is 142 cm³/mol. The average Bonchev–Trinajstić information content (AvgIpc) is 2.90. The van der Waals surface area contributed by atoms with Gasteiger partial charge < -0.3 is 14.5 Å². The fourth-order valence-corrected chi connectivity index (χ4v) is 5.54. The zero-order valence-corrected chi connectivity index (χ0v) is 20.3. The highest BCUT2D eigenvalue weighted by Gasteiger charge is 2.24. The molecule has 1 heterocycles.